The highest BCUT2D eigenvalue weighted by Gasteiger charge is 2.26. The number of carbonyl (C=O) groups is 1. The molecule has 0 unspecified atom stereocenters. The van der Waals surface area contributed by atoms with E-state index in [-0.39, 0.29) is 29.2 Å². The van der Waals surface area contributed by atoms with Crippen molar-refractivity contribution in [1.29, 1.82) is 0 Å². The van der Waals surface area contributed by atoms with Gasteiger partial charge in [0, 0.05) is 25.5 Å². The van der Waals surface area contributed by atoms with E-state index >= 15 is 0 Å². The van der Waals surface area contributed by atoms with Crippen LogP contribution in [0.5, 0.6) is 0 Å². The van der Waals surface area contributed by atoms with Crippen molar-refractivity contribution in [3.05, 3.63) is 66.0 Å². The number of sulfone groups is 1. The van der Waals surface area contributed by atoms with Crippen LogP contribution in [0.25, 0.3) is 5.52 Å². The molecule has 0 aliphatic carbocycles. The van der Waals surface area contributed by atoms with E-state index in [1.807, 2.05) is 30.3 Å². The first-order chi connectivity index (χ1) is 12.9. The molecule has 2 heterocycles. The van der Waals surface area contributed by atoms with Crippen molar-refractivity contribution >= 4 is 33.7 Å². The lowest BCUT2D eigenvalue weighted by Gasteiger charge is -2.22. The molecule has 0 saturated carbocycles. The third-order valence-corrected chi connectivity index (χ3v) is 5.14. The molecule has 0 aliphatic heterocycles. The Morgan fingerprint density at radius 2 is 1.82 bits per heavy atom. The van der Waals surface area contributed by atoms with Gasteiger partial charge in [-0.2, -0.15) is 0 Å². The summed E-state index contributed by atoms with van der Waals surface area (Å²) in [5.41, 5.74) is 7.20. The molecule has 3 aromatic rings. The van der Waals surface area contributed by atoms with Crippen LogP contribution in [-0.4, -0.2) is 48.0 Å². The number of pyridine rings is 1. The molecule has 0 bridgehead atoms. The van der Waals surface area contributed by atoms with Gasteiger partial charge in [-0.1, -0.05) is 36.4 Å². The van der Waals surface area contributed by atoms with E-state index in [9.17, 15) is 13.2 Å². The van der Waals surface area contributed by atoms with Gasteiger partial charge < -0.3 is 10.6 Å². The van der Waals surface area contributed by atoms with Gasteiger partial charge in [-0.25, -0.2) is 13.4 Å². The fraction of sp³-hybridized carbons (Fsp3) is 0.263. The highest BCUT2D eigenvalue weighted by molar-refractivity contribution is 7.90. The predicted molar refractivity (Wildman–Crippen MR) is 110 cm³/mol. The topological polar surface area (TPSA) is 97.8 Å². The Kier molecular flexibility index (Phi) is 7.17. The number of imidazole rings is 1. The Labute approximate surface area is 170 Å². The molecule has 7 nitrogen and oxygen atoms in total. The number of hydrogen-bond acceptors (Lipinski definition) is 5. The molecule has 28 heavy (non-hydrogen) atoms. The van der Waals surface area contributed by atoms with Crippen LogP contribution in [0.1, 0.15) is 22.5 Å². The number of benzene rings is 1. The molecule has 0 spiro atoms. The zero-order valence-electron chi connectivity index (χ0n) is 15.5. The lowest BCUT2D eigenvalue weighted by molar-refractivity contribution is 0.0738. The summed E-state index contributed by atoms with van der Waals surface area (Å²) in [7, 11) is -3.58. The fourth-order valence-corrected chi connectivity index (χ4v) is 3.69. The average molecular weight is 423 g/mol. The van der Waals surface area contributed by atoms with Crippen LogP contribution in [0.15, 0.2) is 59.9 Å². The highest BCUT2D eigenvalue weighted by atomic mass is 35.5. The third kappa shape index (κ3) is 4.70. The van der Waals surface area contributed by atoms with Gasteiger partial charge in [0.1, 0.15) is 0 Å². The minimum atomic E-state index is -3.58. The van der Waals surface area contributed by atoms with E-state index in [1.165, 1.54) is 4.40 Å². The van der Waals surface area contributed by atoms with Crippen LogP contribution in [0.4, 0.5) is 0 Å². The van der Waals surface area contributed by atoms with E-state index in [2.05, 4.69) is 4.98 Å². The van der Waals surface area contributed by atoms with Gasteiger partial charge in [0.15, 0.2) is 5.69 Å². The smallest absolute Gasteiger partial charge is 0.275 e. The summed E-state index contributed by atoms with van der Waals surface area (Å²) in [6.45, 7) is 1.32. The van der Waals surface area contributed by atoms with Crippen LogP contribution in [-0.2, 0) is 16.4 Å². The second kappa shape index (κ2) is 9.18. The van der Waals surface area contributed by atoms with Gasteiger partial charge in [-0.05, 0) is 30.7 Å². The molecule has 2 N–H and O–H groups in total. The van der Waals surface area contributed by atoms with Gasteiger partial charge in [-0.3, -0.25) is 9.20 Å². The van der Waals surface area contributed by atoms with Gasteiger partial charge in [0.2, 0.25) is 15.0 Å². The van der Waals surface area contributed by atoms with Gasteiger partial charge in [-0.15, -0.1) is 12.4 Å². The summed E-state index contributed by atoms with van der Waals surface area (Å²) in [6, 6.07) is 14.8. The number of fused-ring (bicyclic) bond motifs is 1. The number of hydrogen-bond donors (Lipinski definition) is 1. The first-order valence-corrected chi connectivity index (χ1v) is 10.5. The number of carbonyl (C=O) groups excluding carboxylic acids is 1. The third-order valence-electron chi connectivity index (χ3n) is 4.19. The molecule has 3 rings (SSSR count). The maximum absolute atomic E-state index is 13.2. The largest absolute Gasteiger partial charge is 0.333 e. The molecule has 2 aromatic heterocycles. The number of nitrogens with two attached hydrogens (primary N) is 1. The molecule has 0 radical (unpaired) electrons. The van der Waals surface area contributed by atoms with Crippen LogP contribution < -0.4 is 5.73 Å². The summed E-state index contributed by atoms with van der Waals surface area (Å²) in [5.74, 6) is -0.314. The number of aromatic nitrogens is 2. The lowest BCUT2D eigenvalue weighted by atomic mass is 10.2. The Bertz CT molecular complexity index is 1050. The van der Waals surface area contributed by atoms with Crippen molar-refractivity contribution in [3.63, 3.8) is 0 Å². The van der Waals surface area contributed by atoms with E-state index in [4.69, 9.17) is 5.73 Å². The Morgan fingerprint density at radius 3 is 2.46 bits per heavy atom. The normalized spacial score (nSPS) is 11.2. The van der Waals surface area contributed by atoms with Gasteiger partial charge in [0.25, 0.3) is 5.91 Å². The first kappa shape index (κ1) is 21.9. The number of rotatable bonds is 7. The van der Waals surface area contributed by atoms with Crippen molar-refractivity contribution in [2.24, 2.45) is 5.73 Å². The summed E-state index contributed by atoms with van der Waals surface area (Å²) in [4.78, 5) is 19.1. The van der Waals surface area contributed by atoms with Gasteiger partial charge >= 0.3 is 0 Å². The molecule has 1 amide bonds. The maximum Gasteiger partial charge on any atom is 0.275 e. The van der Waals surface area contributed by atoms with Crippen molar-refractivity contribution < 1.29 is 13.2 Å². The lowest BCUT2D eigenvalue weighted by Crippen LogP contribution is -2.33. The Morgan fingerprint density at radius 1 is 1.14 bits per heavy atom. The molecular weight excluding hydrogens is 400 g/mol. The number of halogens is 1. The van der Waals surface area contributed by atoms with E-state index in [1.54, 1.807) is 29.3 Å². The van der Waals surface area contributed by atoms with Crippen molar-refractivity contribution in [1.82, 2.24) is 14.3 Å². The Hall–Kier alpha value is -2.42. The zero-order chi connectivity index (χ0) is 19.4. The minimum Gasteiger partial charge on any atom is -0.333 e. The quantitative estimate of drug-likeness (QED) is 0.629. The molecule has 0 saturated heterocycles. The van der Waals surface area contributed by atoms with E-state index in [0.29, 0.717) is 31.6 Å². The van der Waals surface area contributed by atoms with Crippen molar-refractivity contribution in [3.8, 4) is 0 Å². The molecule has 1 aromatic carbocycles. The van der Waals surface area contributed by atoms with Gasteiger partial charge in [0.05, 0.1) is 5.52 Å². The fourth-order valence-electron chi connectivity index (χ4n) is 2.92. The van der Waals surface area contributed by atoms with E-state index < -0.39 is 9.84 Å². The zero-order valence-corrected chi connectivity index (χ0v) is 17.1. The maximum atomic E-state index is 13.2. The summed E-state index contributed by atoms with van der Waals surface area (Å²) >= 11 is 0. The first-order valence-electron chi connectivity index (χ1n) is 8.62. The summed E-state index contributed by atoms with van der Waals surface area (Å²) in [6.07, 6.45) is 3.32. The minimum absolute atomic E-state index is 0. The van der Waals surface area contributed by atoms with Crippen LogP contribution in [0.3, 0.4) is 0 Å². The van der Waals surface area contributed by atoms with E-state index in [0.717, 1.165) is 11.8 Å². The van der Waals surface area contributed by atoms with Crippen LogP contribution in [0.2, 0.25) is 0 Å². The number of amides is 1. The molecule has 0 atom stereocenters. The van der Waals surface area contributed by atoms with Crippen LogP contribution in [0, 0.1) is 0 Å². The SMILES string of the molecule is CS(=O)(=O)c1nc(C(=O)N(CCCN)Cc2ccccc2)c2ccccn12.Cl. The highest BCUT2D eigenvalue weighted by Crippen LogP contribution is 2.19. The summed E-state index contributed by atoms with van der Waals surface area (Å²) < 4.78 is 25.6. The second-order valence-corrected chi connectivity index (χ2v) is 8.24. The summed E-state index contributed by atoms with van der Waals surface area (Å²) in [5, 5.41) is -0.139. The molecule has 9 heteroatoms. The van der Waals surface area contributed by atoms with Crippen molar-refractivity contribution in [2.75, 3.05) is 19.3 Å². The Balaban J connectivity index is 0.00000280. The second-order valence-electron chi connectivity index (χ2n) is 6.33. The molecule has 150 valence electrons. The molecular formula is C19H23ClN4O3S. The van der Waals surface area contributed by atoms with Crippen LogP contribution >= 0.6 is 12.4 Å². The monoisotopic (exact) mass is 422 g/mol. The molecule has 0 fully saturated rings. The number of nitrogens with zero attached hydrogens (tertiary/aromatic N) is 3. The predicted octanol–water partition coefficient (Wildman–Crippen LogP) is 2.15. The molecule has 0 aliphatic rings. The van der Waals surface area contributed by atoms with Crippen molar-refractivity contribution in [2.45, 2.75) is 18.1 Å². The average Bonchev–Trinajstić information content (AvgIpc) is 3.05. The standard InChI is InChI=1S/C19H22N4O3S.ClH/c1-27(25,26)19-21-17(16-10-5-6-13-23(16)19)18(24)22(12-7-11-20)14-15-8-3-2-4-9-15;/h2-6,8-10,13H,7,11-12,14,20H2,1H3;1H.